The van der Waals surface area contributed by atoms with E-state index >= 15 is 0 Å². The number of rotatable bonds is 6. The van der Waals surface area contributed by atoms with E-state index in [-0.39, 0.29) is 5.97 Å². The van der Waals surface area contributed by atoms with E-state index in [1.807, 2.05) is 20.8 Å². The van der Waals surface area contributed by atoms with Crippen molar-refractivity contribution in [2.45, 2.75) is 33.6 Å². The average molecular weight is 243 g/mol. The van der Waals surface area contributed by atoms with Gasteiger partial charge in [0.2, 0.25) is 0 Å². The van der Waals surface area contributed by atoms with Crippen molar-refractivity contribution >= 4 is 5.97 Å². The molecule has 0 bridgehead atoms. The van der Waals surface area contributed by atoms with Crippen molar-refractivity contribution in [2.75, 3.05) is 32.9 Å². The number of carbonyl (C=O) groups is 1. The highest BCUT2D eigenvalue weighted by atomic mass is 16.6. The Morgan fingerprint density at radius 3 is 2.76 bits per heavy atom. The van der Waals surface area contributed by atoms with E-state index in [9.17, 15) is 4.79 Å². The summed E-state index contributed by atoms with van der Waals surface area (Å²) in [5.41, 5.74) is -0.403. The van der Waals surface area contributed by atoms with Gasteiger partial charge in [-0.2, -0.15) is 0 Å². The third-order valence-corrected chi connectivity index (χ3v) is 3.51. The molecule has 0 radical (unpaired) electrons. The molecule has 0 aromatic rings. The number of carbonyl (C=O) groups excluding carboxylic acids is 1. The molecule has 1 fully saturated rings. The molecule has 0 spiro atoms. The number of piperidine rings is 1. The van der Waals surface area contributed by atoms with Crippen molar-refractivity contribution in [3.63, 3.8) is 0 Å². The Morgan fingerprint density at radius 2 is 2.18 bits per heavy atom. The van der Waals surface area contributed by atoms with Gasteiger partial charge in [-0.1, -0.05) is 0 Å². The van der Waals surface area contributed by atoms with Gasteiger partial charge in [0.1, 0.15) is 6.61 Å². The lowest BCUT2D eigenvalue weighted by atomic mass is 9.75. The highest BCUT2D eigenvalue weighted by Crippen LogP contribution is 2.32. The topological polar surface area (TPSA) is 47.6 Å². The van der Waals surface area contributed by atoms with Crippen LogP contribution in [0.2, 0.25) is 0 Å². The molecular formula is C13H25NO3. The van der Waals surface area contributed by atoms with Crippen LogP contribution >= 0.6 is 0 Å². The quantitative estimate of drug-likeness (QED) is 0.568. The molecule has 1 atom stereocenters. The van der Waals surface area contributed by atoms with Crippen molar-refractivity contribution in [1.29, 1.82) is 0 Å². The minimum absolute atomic E-state index is 0.106. The van der Waals surface area contributed by atoms with Crippen molar-refractivity contribution < 1.29 is 14.3 Å². The van der Waals surface area contributed by atoms with Crippen LogP contribution < -0.4 is 5.32 Å². The summed E-state index contributed by atoms with van der Waals surface area (Å²) in [6, 6.07) is 0. The molecule has 17 heavy (non-hydrogen) atoms. The highest BCUT2D eigenvalue weighted by Gasteiger charge is 2.38. The van der Waals surface area contributed by atoms with E-state index in [1.54, 1.807) is 0 Å². The third-order valence-electron chi connectivity index (χ3n) is 3.51. The zero-order valence-corrected chi connectivity index (χ0v) is 11.3. The predicted molar refractivity (Wildman–Crippen MR) is 66.8 cm³/mol. The predicted octanol–water partition coefficient (Wildman–Crippen LogP) is 1.59. The summed E-state index contributed by atoms with van der Waals surface area (Å²) in [6.07, 6.45) is 2.24. The fraction of sp³-hybridized carbons (Fsp3) is 0.923. The molecule has 0 aliphatic carbocycles. The third kappa shape index (κ3) is 4.28. The largest absolute Gasteiger partial charge is 0.463 e. The first-order valence-corrected chi connectivity index (χ1v) is 6.54. The lowest BCUT2D eigenvalue weighted by Crippen LogP contribution is -2.43. The molecule has 4 nitrogen and oxygen atoms in total. The molecule has 100 valence electrons. The molecule has 1 heterocycles. The highest BCUT2D eigenvalue weighted by molar-refractivity contribution is 5.76. The molecule has 0 aromatic carbocycles. The molecule has 0 aromatic heterocycles. The van der Waals surface area contributed by atoms with E-state index in [0.717, 1.165) is 25.9 Å². The zero-order chi connectivity index (χ0) is 12.7. The van der Waals surface area contributed by atoms with E-state index in [1.165, 1.54) is 0 Å². The number of hydrogen-bond donors (Lipinski definition) is 1. The molecule has 1 N–H and O–H groups in total. The summed E-state index contributed by atoms with van der Waals surface area (Å²) >= 11 is 0. The van der Waals surface area contributed by atoms with Crippen LogP contribution in [0.25, 0.3) is 0 Å². The summed E-state index contributed by atoms with van der Waals surface area (Å²) < 4.78 is 10.4. The zero-order valence-electron chi connectivity index (χ0n) is 11.3. The van der Waals surface area contributed by atoms with E-state index in [0.29, 0.717) is 25.7 Å². The number of hydrogen-bond acceptors (Lipinski definition) is 4. The Labute approximate surface area is 104 Å². The van der Waals surface area contributed by atoms with E-state index in [4.69, 9.17) is 9.47 Å². The second-order valence-electron chi connectivity index (χ2n) is 5.10. The molecule has 1 saturated heterocycles. The van der Waals surface area contributed by atoms with Crippen LogP contribution in [0, 0.1) is 11.3 Å². The smallest absolute Gasteiger partial charge is 0.311 e. The van der Waals surface area contributed by atoms with Crippen LogP contribution in [0.1, 0.15) is 33.6 Å². The fourth-order valence-corrected chi connectivity index (χ4v) is 2.16. The van der Waals surface area contributed by atoms with Gasteiger partial charge in [0, 0.05) is 6.61 Å². The van der Waals surface area contributed by atoms with E-state index in [2.05, 4.69) is 5.32 Å². The Bertz CT molecular complexity index is 235. The molecule has 1 aliphatic rings. The first kappa shape index (κ1) is 14.5. The van der Waals surface area contributed by atoms with Crippen molar-refractivity contribution in [3.8, 4) is 0 Å². The molecule has 1 unspecified atom stereocenters. The van der Waals surface area contributed by atoms with Gasteiger partial charge in [-0.15, -0.1) is 0 Å². The Hall–Kier alpha value is -0.610. The first-order valence-electron chi connectivity index (χ1n) is 6.54. The first-order chi connectivity index (χ1) is 8.09. The number of nitrogens with one attached hydrogen (secondary N) is 1. The summed E-state index contributed by atoms with van der Waals surface area (Å²) in [6.45, 7) is 9.37. The molecule has 0 saturated carbocycles. The van der Waals surface area contributed by atoms with Crippen LogP contribution in [-0.2, 0) is 14.3 Å². The van der Waals surface area contributed by atoms with Gasteiger partial charge < -0.3 is 14.8 Å². The van der Waals surface area contributed by atoms with Crippen LogP contribution in [0.3, 0.4) is 0 Å². The summed E-state index contributed by atoms with van der Waals surface area (Å²) in [5, 5.41) is 3.34. The Morgan fingerprint density at radius 1 is 1.41 bits per heavy atom. The monoisotopic (exact) mass is 243 g/mol. The number of ether oxygens (including phenoxy) is 2. The van der Waals surface area contributed by atoms with Gasteiger partial charge in [-0.3, -0.25) is 4.79 Å². The summed E-state index contributed by atoms with van der Waals surface area (Å²) in [5.74, 6) is 0.266. The second-order valence-corrected chi connectivity index (χ2v) is 5.10. The van der Waals surface area contributed by atoms with Gasteiger partial charge >= 0.3 is 5.97 Å². The summed E-state index contributed by atoms with van der Waals surface area (Å²) in [7, 11) is 0. The molecule has 0 amide bonds. The summed E-state index contributed by atoms with van der Waals surface area (Å²) in [4.78, 5) is 12.0. The normalized spacial score (nSPS) is 21.2. The fourth-order valence-electron chi connectivity index (χ4n) is 2.16. The van der Waals surface area contributed by atoms with Crippen molar-refractivity contribution in [2.24, 2.45) is 11.3 Å². The van der Waals surface area contributed by atoms with E-state index < -0.39 is 5.41 Å². The SMILES string of the molecule is CCOCCOC(=O)C(C)(C)C1CCCNC1. The lowest BCUT2D eigenvalue weighted by molar-refractivity contribution is -0.159. The maximum atomic E-state index is 12.0. The van der Waals surface area contributed by atoms with Gasteiger partial charge in [-0.25, -0.2) is 0 Å². The van der Waals surface area contributed by atoms with Gasteiger partial charge in [0.15, 0.2) is 0 Å². The van der Waals surface area contributed by atoms with Crippen LogP contribution in [0.5, 0.6) is 0 Å². The molecule has 4 heteroatoms. The lowest BCUT2D eigenvalue weighted by Gasteiger charge is -2.35. The maximum Gasteiger partial charge on any atom is 0.311 e. The molecular weight excluding hydrogens is 218 g/mol. The van der Waals surface area contributed by atoms with Crippen LogP contribution in [-0.4, -0.2) is 38.9 Å². The second kappa shape index (κ2) is 6.97. The minimum atomic E-state index is -0.403. The molecule has 1 rings (SSSR count). The van der Waals surface area contributed by atoms with Gasteiger partial charge in [-0.05, 0) is 52.6 Å². The minimum Gasteiger partial charge on any atom is -0.463 e. The van der Waals surface area contributed by atoms with Gasteiger partial charge in [0.25, 0.3) is 0 Å². The maximum absolute atomic E-state index is 12.0. The Kier molecular flexibility index (Phi) is 5.92. The standard InChI is InChI=1S/C13H25NO3/c1-4-16-8-9-17-12(15)13(2,3)11-6-5-7-14-10-11/h11,14H,4-10H2,1-3H3. The van der Waals surface area contributed by atoms with Gasteiger partial charge in [0.05, 0.1) is 12.0 Å². The van der Waals surface area contributed by atoms with Crippen molar-refractivity contribution in [3.05, 3.63) is 0 Å². The van der Waals surface area contributed by atoms with Crippen molar-refractivity contribution in [1.82, 2.24) is 5.32 Å². The number of esters is 1. The van der Waals surface area contributed by atoms with Crippen LogP contribution in [0.15, 0.2) is 0 Å². The average Bonchev–Trinajstić information content (AvgIpc) is 2.35. The molecule has 1 aliphatic heterocycles. The Balaban J connectivity index is 2.36. The van der Waals surface area contributed by atoms with Crippen LogP contribution in [0.4, 0.5) is 0 Å².